The number of nitrogens with one attached hydrogen (secondary N) is 1. The summed E-state index contributed by atoms with van der Waals surface area (Å²) < 4.78 is 0. The normalized spacial score (nSPS) is 14.0. The lowest BCUT2D eigenvalue weighted by Gasteiger charge is -2.35. The smallest absolute Gasteiger partial charge is 0.270 e. The number of pyridine rings is 2. The van der Waals surface area contributed by atoms with E-state index in [4.69, 9.17) is 0 Å². The quantitative estimate of drug-likeness (QED) is 0.723. The summed E-state index contributed by atoms with van der Waals surface area (Å²) in [5.41, 5.74) is 1.30. The molecular weight excluding hydrogens is 354 g/mol. The maximum Gasteiger partial charge on any atom is 0.270 e. The predicted octanol–water partition coefficient (Wildman–Crippen LogP) is 1.52. The second-order valence-electron chi connectivity index (χ2n) is 6.45. The van der Waals surface area contributed by atoms with Crippen molar-refractivity contribution in [3.8, 4) is 0 Å². The molecule has 4 heterocycles. The predicted molar refractivity (Wildman–Crippen MR) is 106 cm³/mol. The van der Waals surface area contributed by atoms with Gasteiger partial charge >= 0.3 is 0 Å². The molecule has 1 aliphatic rings. The van der Waals surface area contributed by atoms with Crippen LogP contribution in [0.4, 0.5) is 11.8 Å². The van der Waals surface area contributed by atoms with Crippen LogP contribution >= 0.6 is 0 Å². The fourth-order valence-electron chi connectivity index (χ4n) is 3.08. The lowest BCUT2D eigenvalue weighted by atomic mass is 10.3. The van der Waals surface area contributed by atoms with Crippen molar-refractivity contribution < 1.29 is 4.79 Å². The summed E-state index contributed by atoms with van der Waals surface area (Å²) in [4.78, 5) is 34.0. The van der Waals surface area contributed by atoms with Gasteiger partial charge in [-0.3, -0.25) is 9.78 Å². The number of aromatic nitrogens is 4. The average molecular weight is 375 g/mol. The molecule has 0 radical (unpaired) electrons. The molecule has 4 rings (SSSR count). The number of amides is 1. The maximum atomic E-state index is 12.4. The van der Waals surface area contributed by atoms with Gasteiger partial charge in [0.25, 0.3) is 5.91 Å². The highest BCUT2D eigenvalue weighted by atomic mass is 16.1. The van der Waals surface area contributed by atoms with Crippen molar-refractivity contribution in [2.24, 2.45) is 0 Å². The summed E-state index contributed by atoms with van der Waals surface area (Å²) in [7, 11) is 0. The SMILES string of the molecule is O=C(NCc1cccnc1)c1ccnc(N2CCN(c3ccccn3)CC2)n1. The number of carbonyl (C=O) groups excluding carboxylic acids is 1. The van der Waals surface area contributed by atoms with Gasteiger partial charge in [0.2, 0.25) is 5.95 Å². The average Bonchev–Trinajstić information content (AvgIpc) is 2.79. The third-order valence-corrected chi connectivity index (χ3v) is 4.59. The number of anilines is 2. The van der Waals surface area contributed by atoms with E-state index in [2.05, 4.69) is 35.1 Å². The number of carbonyl (C=O) groups is 1. The van der Waals surface area contributed by atoms with E-state index in [1.165, 1.54) is 0 Å². The van der Waals surface area contributed by atoms with E-state index in [0.717, 1.165) is 37.6 Å². The standard InChI is InChI=1S/C20H21N7O/c28-19(24-15-16-4-3-7-21-14-16)17-6-9-23-20(25-17)27-12-10-26(11-13-27)18-5-1-2-8-22-18/h1-9,14H,10-13,15H2,(H,24,28). The number of piperazine rings is 1. The van der Waals surface area contributed by atoms with Gasteiger partial charge in [-0.2, -0.15) is 0 Å². The van der Waals surface area contributed by atoms with Crippen molar-refractivity contribution in [1.29, 1.82) is 0 Å². The Morgan fingerprint density at radius 3 is 2.54 bits per heavy atom. The van der Waals surface area contributed by atoms with Gasteiger partial charge in [-0.1, -0.05) is 12.1 Å². The van der Waals surface area contributed by atoms with Gasteiger partial charge in [0.05, 0.1) is 0 Å². The Morgan fingerprint density at radius 2 is 1.79 bits per heavy atom. The van der Waals surface area contributed by atoms with E-state index in [0.29, 0.717) is 18.2 Å². The Bertz CT molecular complexity index is 912. The first-order valence-electron chi connectivity index (χ1n) is 9.21. The molecule has 3 aromatic rings. The van der Waals surface area contributed by atoms with Crippen molar-refractivity contribution >= 4 is 17.7 Å². The Labute approximate surface area is 163 Å². The lowest BCUT2D eigenvalue weighted by Crippen LogP contribution is -2.47. The highest BCUT2D eigenvalue weighted by Gasteiger charge is 2.20. The molecule has 28 heavy (non-hydrogen) atoms. The van der Waals surface area contributed by atoms with Crippen LogP contribution in [0.1, 0.15) is 16.1 Å². The zero-order chi connectivity index (χ0) is 19.2. The summed E-state index contributed by atoms with van der Waals surface area (Å²) >= 11 is 0. The summed E-state index contributed by atoms with van der Waals surface area (Å²) in [6, 6.07) is 11.3. The van der Waals surface area contributed by atoms with Crippen LogP contribution in [-0.4, -0.2) is 52.0 Å². The van der Waals surface area contributed by atoms with Gasteiger partial charge in [0.1, 0.15) is 11.5 Å². The monoisotopic (exact) mass is 375 g/mol. The highest BCUT2D eigenvalue weighted by molar-refractivity contribution is 5.92. The minimum absolute atomic E-state index is 0.223. The highest BCUT2D eigenvalue weighted by Crippen LogP contribution is 2.16. The molecule has 0 saturated carbocycles. The maximum absolute atomic E-state index is 12.4. The van der Waals surface area contributed by atoms with Crippen LogP contribution in [-0.2, 0) is 6.54 Å². The van der Waals surface area contributed by atoms with Crippen LogP contribution in [0, 0.1) is 0 Å². The minimum atomic E-state index is -0.223. The van der Waals surface area contributed by atoms with Crippen LogP contribution in [0.15, 0.2) is 61.2 Å². The molecule has 142 valence electrons. The molecule has 0 spiro atoms. The molecule has 1 saturated heterocycles. The second kappa shape index (κ2) is 8.43. The van der Waals surface area contributed by atoms with Crippen LogP contribution in [0.3, 0.4) is 0 Å². The lowest BCUT2D eigenvalue weighted by molar-refractivity contribution is 0.0946. The van der Waals surface area contributed by atoms with E-state index >= 15 is 0 Å². The minimum Gasteiger partial charge on any atom is -0.353 e. The fourth-order valence-corrected chi connectivity index (χ4v) is 3.08. The second-order valence-corrected chi connectivity index (χ2v) is 6.45. The van der Waals surface area contributed by atoms with E-state index in [1.54, 1.807) is 30.9 Å². The van der Waals surface area contributed by atoms with E-state index in [9.17, 15) is 4.79 Å². The number of rotatable bonds is 5. The summed E-state index contributed by atoms with van der Waals surface area (Å²) in [6.07, 6.45) is 6.87. The molecule has 1 N–H and O–H groups in total. The molecule has 8 nitrogen and oxygen atoms in total. The first kappa shape index (κ1) is 17.8. The Hall–Kier alpha value is -3.55. The van der Waals surface area contributed by atoms with Gasteiger partial charge in [0, 0.05) is 57.5 Å². The molecule has 0 aliphatic carbocycles. The molecular formula is C20H21N7O. The summed E-state index contributed by atoms with van der Waals surface area (Å²) in [5, 5.41) is 2.87. The van der Waals surface area contributed by atoms with Crippen molar-refractivity contribution in [3.63, 3.8) is 0 Å². The molecule has 1 aliphatic heterocycles. The molecule has 1 fully saturated rings. The molecule has 3 aromatic heterocycles. The van der Waals surface area contributed by atoms with Gasteiger partial charge < -0.3 is 15.1 Å². The zero-order valence-corrected chi connectivity index (χ0v) is 15.4. The van der Waals surface area contributed by atoms with Gasteiger partial charge in [-0.25, -0.2) is 15.0 Å². The molecule has 0 aromatic carbocycles. The number of hydrogen-bond donors (Lipinski definition) is 1. The molecule has 8 heteroatoms. The van der Waals surface area contributed by atoms with Gasteiger partial charge in [0.15, 0.2) is 0 Å². The Kier molecular flexibility index (Phi) is 5.37. The van der Waals surface area contributed by atoms with Gasteiger partial charge in [-0.15, -0.1) is 0 Å². The largest absolute Gasteiger partial charge is 0.353 e. The first-order valence-corrected chi connectivity index (χ1v) is 9.21. The number of hydrogen-bond acceptors (Lipinski definition) is 7. The van der Waals surface area contributed by atoms with Gasteiger partial charge in [-0.05, 0) is 29.8 Å². The summed E-state index contributed by atoms with van der Waals surface area (Å²) in [6.45, 7) is 3.62. The zero-order valence-electron chi connectivity index (χ0n) is 15.4. The first-order chi connectivity index (χ1) is 13.8. The van der Waals surface area contributed by atoms with E-state index in [-0.39, 0.29) is 5.91 Å². The molecule has 0 bridgehead atoms. The van der Waals surface area contributed by atoms with Crippen LogP contribution < -0.4 is 15.1 Å². The Morgan fingerprint density at radius 1 is 0.929 bits per heavy atom. The summed E-state index contributed by atoms with van der Waals surface area (Å²) in [5.74, 6) is 1.33. The van der Waals surface area contributed by atoms with Crippen molar-refractivity contribution in [2.45, 2.75) is 6.54 Å². The van der Waals surface area contributed by atoms with Crippen molar-refractivity contribution in [3.05, 3.63) is 72.4 Å². The van der Waals surface area contributed by atoms with Crippen molar-refractivity contribution in [1.82, 2.24) is 25.3 Å². The van der Waals surface area contributed by atoms with E-state index < -0.39 is 0 Å². The Balaban J connectivity index is 1.37. The number of nitrogens with zero attached hydrogens (tertiary/aromatic N) is 6. The van der Waals surface area contributed by atoms with Crippen molar-refractivity contribution in [2.75, 3.05) is 36.0 Å². The molecule has 0 unspecified atom stereocenters. The van der Waals surface area contributed by atoms with Crippen LogP contribution in [0.2, 0.25) is 0 Å². The molecule has 0 atom stereocenters. The van der Waals surface area contributed by atoms with Crippen LogP contribution in [0.5, 0.6) is 0 Å². The van der Waals surface area contributed by atoms with E-state index in [1.807, 2.05) is 30.3 Å². The third kappa shape index (κ3) is 4.22. The third-order valence-electron chi connectivity index (χ3n) is 4.59. The molecule has 1 amide bonds. The van der Waals surface area contributed by atoms with Crippen LogP contribution in [0.25, 0.3) is 0 Å². The fraction of sp³-hybridized carbons (Fsp3) is 0.250. The topological polar surface area (TPSA) is 87.1 Å².